The SMILES string of the molecule is CCc1ccc(C(=O)Nc2cc(C(C)(C)C)on2)cc1. The van der Waals surface area contributed by atoms with Crippen LogP contribution in [-0.2, 0) is 11.8 Å². The summed E-state index contributed by atoms with van der Waals surface area (Å²) in [6, 6.07) is 9.31. The van der Waals surface area contributed by atoms with Crippen molar-refractivity contribution < 1.29 is 9.32 Å². The second kappa shape index (κ2) is 5.49. The highest BCUT2D eigenvalue weighted by molar-refractivity contribution is 6.03. The second-order valence-corrected chi connectivity index (χ2v) is 5.83. The molecular formula is C16H20N2O2. The van der Waals surface area contributed by atoms with Gasteiger partial charge in [-0.25, -0.2) is 0 Å². The molecule has 0 fully saturated rings. The fraction of sp³-hybridized carbons (Fsp3) is 0.375. The first kappa shape index (κ1) is 14.3. The third-order valence-corrected chi connectivity index (χ3v) is 3.12. The summed E-state index contributed by atoms with van der Waals surface area (Å²) in [7, 11) is 0. The first-order valence-electron chi connectivity index (χ1n) is 6.77. The molecule has 0 aliphatic carbocycles. The Morgan fingerprint density at radius 2 is 1.90 bits per heavy atom. The summed E-state index contributed by atoms with van der Waals surface area (Å²) >= 11 is 0. The number of rotatable bonds is 3. The Balaban J connectivity index is 2.09. The Morgan fingerprint density at radius 3 is 2.40 bits per heavy atom. The van der Waals surface area contributed by atoms with E-state index < -0.39 is 0 Å². The molecule has 0 saturated heterocycles. The highest BCUT2D eigenvalue weighted by atomic mass is 16.5. The quantitative estimate of drug-likeness (QED) is 0.925. The summed E-state index contributed by atoms with van der Waals surface area (Å²) in [5.74, 6) is 1.01. The minimum atomic E-state index is -0.179. The van der Waals surface area contributed by atoms with Crippen molar-refractivity contribution in [3.05, 3.63) is 47.2 Å². The van der Waals surface area contributed by atoms with Gasteiger partial charge in [-0.1, -0.05) is 45.0 Å². The average Bonchev–Trinajstić information content (AvgIpc) is 2.87. The third-order valence-electron chi connectivity index (χ3n) is 3.12. The minimum Gasteiger partial charge on any atom is -0.359 e. The van der Waals surface area contributed by atoms with Crippen molar-refractivity contribution in [2.24, 2.45) is 0 Å². The number of aryl methyl sites for hydroxylation is 1. The number of anilines is 1. The van der Waals surface area contributed by atoms with Crippen LogP contribution in [0.3, 0.4) is 0 Å². The molecule has 0 spiro atoms. The van der Waals surface area contributed by atoms with Crippen molar-refractivity contribution in [2.45, 2.75) is 39.5 Å². The molecule has 20 heavy (non-hydrogen) atoms. The van der Waals surface area contributed by atoms with Crippen molar-refractivity contribution in [3.8, 4) is 0 Å². The molecule has 0 saturated carbocycles. The zero-order valence-corrected chi connectivity index (χ0v) is 12.4. The van der Waals surface area contributed by atoms with Crippen LogP contribution in [0.2, 0.25) is 0 Å². The number of benzene rings is 1. The summed E-state index contributed by atoms with van der Waals surface area (Å²) in [5.41, 5.74) is 1.69. The van der Waals surface area contributed by atoms with Crippen molar-refractivity contribution in [2.75, 3.05) is 5.32 Å². The molecule has 4 nitrogen and oxygen atoms in total. The van der Waals surface area contributed by atoms with Gasteiger partial charge in [0.1, 0.15) is 5.76 Å². The molecule has 0 bridgehead atoms. The molecule has 2 aromatic rings. The molecule has 0 unspecified atom stereocenters. The van der Waals surface area contributed by atoms with E-state index in [0.29, 0.717) is 11.4 Å². The van der Waals surface area contributed by atoms with E-state index in [2.05, 4.69) is 17.4 Å². The maximum Gasteiger partial charge on any atom is 0.256 e. The van der Waals surface area contributed by atoms with E-state index >= 15 is 0 Å². The van der Waals surface area contributed by atoms with E-state index in [1.807, 2.05) is 45.0 Å². The van der Waals surface area contributed by atoms with Gasteiger partial charge in [-0.3, -0.25) is 4.79 Å². The molecule has 4 heteroatoms. The van der Waals surface area contributed by atoms with Crippen molar-refractivity contribution in [1.29, 1.82) is 0 Å². The van der Waals surface area contributed by atoms with Crippen LogP contribution in [0, 0.1) is 0 Å². The minimum absolute atomic E-state index is 0.126. The van der Waals surface area contributed by atoms with Gasteiger partial charge in [0.25, 0.3) is 5.91 Å². The Kier molecular flexibility index (Phi) is 3.93. The van der Waals surface area contributed by atoms with E-state index in [4.69, 9.17) is 4.52 Å². The van der Waals surface area contributed by atoms with Gasteiger partial charge in [-0.2, -0.15) is 0 Å². The maximum absolute atomic E-state index is 12.1. The summed E-state index contributed by atoms with van der Waals surface area (Å²) in [6.07, 6.45) is 0.958. The number of hydrogen-bond donors (Lipinski definition) is 1. The van der Waals surface area contributed by atoms with Crippen molar-refractivity contribution in [1.82, 2.24) is 5.16 Å². The van der Waals surface area contributed by atoms with E-state index in [-0.39, 0.29) is 11.3 Å². The van der Waals surface area contributed by atoms with Gasteiger partial charge in [0, 0.05) is 17.0 Å². The average molecular weight is 272 g/mol. The van der Waals surface area contributed by atoms with E-state index in [9.17, 15) is 4.79 Å². The van der Waals surface area contributed by atoms with Gasteiger partial charge in [0.05, 0.1) is 0 Å². The van der Waals surface area contributed by atoms with Crippen LogP contribution in [0.1, 0.15) is 49.4 Å². The molecule has 1 aromatic carbocycles. The monoisotopic (exact) mass is 272 g/mol. The largest absolute Gasteiger partial charge is 0.359 e. The molecule has 106 valence electrons. The van der Waals surface area contributed by atoms with Crippen molar-refractivity contribution >= 4 is 11.7 Å². The lowest BCUT2D eigenvalue weighted by molar-refractivity contribution is 0.102. The van der Waals surface area contributed by atoms with Crippen LogP contribution in [-0.4, -0.2) is 11.1 Å². The Bertz CT molecular complexity index is 592. The second-order valence-electron chi connectivity index (χ2n) is 5.83. The van der Waals surface area contributed by atoms with Crippen molar-refractivity contribution in [3.63, 3.8) is 0 Å². The molecule has 1 amide bonds. The van der Waals surface area contributed by atoms with Gasteiger partial charge in [0.2, 0.25) is 0 Å². The number of carbonyl (C=O) groups is 1. The Labute approximate surface area is 119 Å². The third kappa shape index (κ3) is 3.26. The highest BCUT2D eigenvalue weighted by Crippen LogP contribution is 2.24. The van der Waals surface area contributed by atoms with Crippen LogP contribution in [0.25, 0.3) is 0 Å². The summed E-state index contributed by atoms with van der Waals surface area (Å²) in [6.45, 7) is 8.17. The molecule has 1 aromatic heterocycles. The van der Waals surface area contributed by atoms with Gasteiger partial charge in [0.15, 0.2) is 5.82 Å². The fourth-order valence-corrected chi connectivity index (χ4v) is 1.77. The topological polar surface area (TPSA) is 55.1 Å². The zero-order valence-electron chi connectivity index (χ0n) is 12.4. The van der Waals surface area contributed by atoms with E-state index in [0.717, 1.165) is 12.2 Å². The summed E-state index contributed by atoms with van der Waals surface area (Å²) < 4.78 is 5.24. The first-order valence-corrected chi connectivity index (χ1v) is 6.77. The normalized spacial score (nSPS) is 11.4. The smallest absolute Gasteiger partial charge is 0.256 e. The molecule has 0 aliphatic rings. The molecule has 1 N–H and O–H groups in total. The van der Waals surface area contributed by atoms with Crippen LogP contribution in [0.4, 0.5) is 5.82 Å². The number of carbonyl (C=O) groups excluding carboxylic acids is 1. The fourth-order valence-electron chi connectivity index (χ4n) is 1.77. The predicted molar refractivity (Wildman–Crippen MR) is 79.0 cm³/mol. The van der Waals surface area contributed by atoms with Crippen LogP contribution in [0.5, 0.6) is 0 Å². The number of hydrogen-bond acceptors (Lipinski definition) is 3. The zero-order chi connectivity index (χ0) is 14.8. The summed E-state index contributed by atoms with van der Waals surface area (Å²) in [5, 5.41) is 6.62. The first-order chi connectivity index (χ1) is 9.40. The molecule has 2 rings (SSSR count). The van der Waals surface area contributed by atoms with Gasteiger partial charge < -0.3 is 9.84 Å². The molecule has 0 aliphatic heterocycles. The van der Waals surface area contributed by atoms with Crippen LogP contribution >= 0.6 is 0 Å². The molecule has 0 atom stereocenters. The number of nitrogens with zero attached hydrogens (tertiary/aromatic N) is 1. The predicted octanol–water partition coefficient (Wildman–Crippen LogP) is 3.79. The van der Waals surface area contributed by atoms with Crippen LogP contribution < -0.4 is 5.32 Å². The standard InChI is InChI=1S/C16H20N2O2/c1-5-11-6-8-12(9-7-11)15(19)17-14-10-13(20-18-14)16(2,3)4/h6-10H,5H2,1-4H3,(H,17,18,19). The van der Waals surface area contributed by atoms with Crippen LogP contribution in [0.15, 0.2) is 34.9 Å². The van der Waals surface area contributed by atoms with Gasteiger partial charge in [-0.15, -0.1) is 0 Å². The van der Waals surface area contributed by atoms with Gasteiger partial charge in [-0.05, 0) is 24.1 Å². The highest BCUT2D eigenvalue weighted by Gasteiger charge is 2.20. The summed E-state index contributed by atoms with van der Waals surface area (Å²) in [4.78, 5) is 12.1. The van der Waals surface area contributed by atoms with Gasteiger partial charge >= 0.3 is 0 Å². The van der Waals surface area contributed by atoms with E-state index in [1.165, 1.54) is 5.56 Å². The number of amides is 1. The Hall–Kier alpha value is -2.10. The van der Waals surface area contributed by atoms with E-state index in [1.54, 1.807) is 6.07 Å². The Morgan fingerprint density at radius 1 is 1.25 bits per heavy atom. The lowest BCUT2D eigenvalue weighted by Crippen LogP contribution is -2.12. The maximum atomic E-state index is 12.1. The molecule has 1 heterocycles. The number of nitrogens with one attached hydrogen (secondary N) is 1. The molecular weight excluding hydrogens is 252 g/mol. The number of aromatic nitrogens is 1. The lowest BCUT2D eigenvalue weighted by atomic mass is 9.93. The molecule has 0 radical (unpaired) electrons. The lowest BCUT2D eigenvalue weighted by Gasteiger charge is -2.12.